The van der Waals surface area contributed by atoms with E-state index in [9.17, 15) is 14.9 Å². The van der Waals surface area contributed by atoms with Crippen LogP contribution in [0.4, 0.5) is 11.4 Å². The molecule has 1 N–H and O–H groups in total. The molecule has 0 heterocycles. The summed E-state index contributed by atoms with van der Waals surface area (Å²) in [5.74, 6) is -0.763. The molecule has 0 spiro atoms. The number of anilines is 1. The lowest BCUT2D eigenvalue weighted by Crippen LogP contribution is -2.08. The van der Waals surface area contributed by atoms with Crippen molar-refractivity contribution in [3.05, 3.63) is 45.1 Å². The van der Waals surface area contributed by atoms with Crippen LogP contribution >= 0.6 is 11.6 Å². The first kappa shape index (κ1) is 15.5. The van der Waals surface area contributed by atoms with Gasteiger partial charge in [0.1, 0.15) is 6.07 Å². The summed E-state index contributed by atoms with van der Waals surface area (Å²) < 4.78 is 4.67. The summed E-state index contributed by atoms with van der Waals surface area (Å²) in [6.45, 7) is 1.77. The normalized spacial score (nSPS) is 10.6. The summed E-state index contributed by atoms with van der Waals surface area (Å²) in [7, 11) is 0. The Hall–Kier alpha value is -2.59. The minimum Gasteiger partial charge on any atom is -0.462 e. The molecule has 0 aromatic heterocycles. The largest absolute Gasteiger partial charge is 0.462 e. The number of carbonyl (C=O) groups excluding carboxylic acids is 1. The van der Waals surface area contributed by atoms with Crippen LogP contribution in [0.1, 0.15) is 6.92 Å². The topological polar surface area (TPSA) is 105 Å². The van der Waals surface area contributed by atoms with Gasteiger partial charge in [-0.05, 0) is 13.0 Å². The number of benzene rings is 1. The molecule has 0 aliphatic rings. The minimum absolute atomic E-state index is 0.0941. The number of nitriles is 1. The smallest absolute Gasteiger partial charge is 0.350 e. The van der Waals surface area contributed by atoms with E-state index in [-0.39, 0.29) is 22.9 Å². The molecule has 7 nitrogen and oxygen atoms in total. The van der Waals surface area contributed by atoms with Gasteiger partial charge in [0.05, 0.1) is 22.2 Å². The Balaban J connectivity index is 2.91. The van der Waals surface area contributed by atoms with E-state index in [0.29, 0.717) is 5.69 Å². The molecule has 104 valence electrons. The zero-order chi connectivity index (χ0) is 15.1. The van der Waals surface area contributed by atoms with Crippen molar-refractivity contribution in [2.45, 2.75) is 6.92 Å². The predicted octanol–water partition coefficient (Wildman–Crippen LogP) is 2.63. The predicted molar refractivity (Wildman–Crippen MR) is 72.1 cm³/mol. The second-order valence-corrected chi connectivity index (χ2v) is 3.86. The molecule has 0 saturated heterocycles. The zero-order valence-corrected chi connectivity index (χ0v) is 11.2. The fraction of sp³-hybridized carbons (Fsp3) is 0.167. The van der Waals surface area contributed by atoms with Crippen LogP contribution in [-0.2, 0) is 9.53 Å². The Morgan fingerprint density at radius 2 is 2.35 bits per heavy atom. The molecular weight excluding hydrogens is 286 g/mol. The maximum atomic E-state index is 11.3. The van der Waals surface area contributed by atoms with E-state index < -0.39 is 10.9 Å². The van der Waals surface area contributed by atoms with Crippen molar-refractivity contribution in [1.82, 2.24) is 0 Å². The van der Waals surface area contributed by atoms with Crippen LogP contribution in [0.25, 0.3) is 0 Å². The lowest BCUT2D eigenvalue weighted by atomic mass is 10.2. The van der Waals surface area contributed by atoms with E-state index in [1.165, 1.54) is 12.1 Å². The van der Waals surface area contributed by atoms with Gasteiger partial charge in [-0.2, -0.15) is 5.26 Å². The van der Waals surface area contributed by atoms with Crippen molar-refractivity contribution in [2.24, 2.45) is 0 Å². The van der Waals surface area contributed by atoms with Crippen molar-refractivity contribution in [3.63, 3.8) is 0 Å². The molecule has 0 aliphatic heterocycles. The number of nitro benzene ring substituents is 1. The van der Waals surface area contributed by atoms with Crippen LogP contribution in [0, 0.1) is 21.4 Å². The lowest BCUT2D eigenvalue weighted by molar-refractivity contribution is -0.384. The van der Waals surface area contributed by atoms with Gasteiger partial charge in [0.2, 0.25) is 0 Å². The van der Waals surface area contributed by atoms with Gasteiger partial charge in [0.15, 0.2) is 5.57 Å². The first-order valence-electron chi connectivity index (χ1n) is 5.47. The third-order valence-corrected chi connectivity index (χ3v) is 2.46. The second kappa shape index (κ2) is 7.11. The first-order valence-corrected chi connectivity index (χ1v) is 5.85. The fourth-order valence-electron chi connectivity index (χ4n) is 1.23. The first-order chi connectivity index (χ1) is 9.49. The third-order valence-electron chi connectivity index (χ3n) is 2.15. The van der Waals surface area contributed by atoms with Gasteiger partial charge >= 0.3 is 5.97 Å². The Morgan fingerprint density at radius 1 is 1.65 bits per heavy atom. The van der Waals surface area contributed by atoms with Gasteiger partial charge < -0.3 is 10.1 Å². The molecule has 0 bridgehead atoms. The van der Waals surface area contributed by atoms with Crippen molar-refractivity contribution >= 4 is 28.9 Å². The van der Waals surface area contributed by atoms with Crippen LogP contribution in [0.2, 0.25) is 5.02 Å². The van der Waals surface area contributed by atoms with Gasteiger partial charge in [-0.3, -0.25) is 10.1 Å². The molecule has 20 heavy (non-hydrogen) atoms. The van der Waals surface area contributed by atoms with E-state index >= 15 is 0 Å². The van der Waals surface area contributed by atoms with Crippen LogP contribution in [0.3, 0.4) is 0 Å². The minimum atomic E-state index is -0.763. The number of nitrogens with zero attached hydrogens (tertiary/aromatic N) is 2. The number of ether oxygens (including phenoxy) is 1. The Labute approximate surface area is 119 Å². The molecule has 0 aliphatic carbocycles. The Bertz CT molecular complexity index is 607. The number of hydrogen-bond acceptors (Lipinski definition) is 6. The molecule has 0 amide bonds. The maximum absolute atomic E-state index is 11.3. The molecule has 0 atom stereocenters. The number of nitro groups is 1. The summed E-state index contributed by atoms with van der Waals surface area (Å²) in [4.78, 5) is 21.3. The maximum Gasteiger partial charge on any atom is 0.350 e. The lowest BCUT2D eigenvalue weighted by Gasteiger charge is -2.04. The van der Waals surface area contributed by atoms with E-state index in [2.05, 4.69) is 10.1 Å². The molecule has 0 radical (unpaired) electrons. The van der Waals surface area contributed by atoms with Crippen molar-refractivity contribution in [2.75, 3.05) is 11.9 Å². The highest BCUT2D eigenvalue weighted by molar-refractivity contribution is 6.33. The van der Waals surface area contributed by atoms with Crippen LogP contribution in [0.15, 0.2) is 30.0 Å². The molecule has 1 aromatic carbocycles. The van der Waals surface area contributed by atoms with E-state index in [1.807, 2.05) is 0 Å². The van der Waals surface area contributed by atoms with E-state index in [0.717, 1.165) is 12.3 Å². The van der Waals surface area contributed by atoms with Gasteiger partial charge in [-0.1, -0.05) is 11.6 Å². The molecule has 0 unspecified atom stereocenters. The van der Waals surface area contributed by atoms with Gasteiger partial charge in [0.25, 0.3) is 5.69 Å². The standard InChI is InChI=1S/C12H10ClN3O4/c1-2-20-12(17)8(6-14)7-15-11-4-3-9(16(18)19)5-10(11)13/h3-5,7,15H,2H2,1H3/b8-7+. The molecule has 1 aromatic rings. The highest BCUT2D eigenvalue weighted by atomic mass is 35.5. The number of hydrogen-bond donors (Lipinski definition) is 1. The molecule has 1 rings (SSSR count). The number of rotatable bonds is 5. The number of esters is 1. The highest BCUT2D eigenvalue weighted by Crippen LogP contribution is 2.26. The summed E-state index contributed by atoms with van der Waals surface area (Å²) >= 11 is 5.85. The van der Waals surface area contributed by atoms with Crippen LogP contribution in [0.5, 0.6) is 0 Å². The number of carbonyl (C=O) groups is 1. The van der Waals surface area contributed by atoms with Crippen molar-refractivity contribution in [1.29, 1.82) is 5.26 Å². The molecule has 0 fully saturated rings. The fourth-order valence-corrected chi connectivity index (χ4v) is 1.46. The number of halogens is 1. The average Bonchev–Trinajstić information content (AvgIpc) is 2.41. The monoisotopic (exact) mass is 295 g/mol. The van der Waals surface area contributed by atoms with Gasteiger partial charge in [0, 0.05) is 18.3 Å². The molecule has 8 heteroatoms. The van der Waals surface area contributed by atoms with Crippen molar-refractivity contribution in [3.8, 4) is 6.07 Å². The summed E-state index contributed by atoms with van der Waals surface area (Å²) in [6, 6.07) is 5.46. The SMILES string of the molecule is CCOC(=O)/C(C#N)=C/Nc1ccc([N+](=O)[O-])cc1Cl. The van der Waals surface area contributed by atoms with E-state index in [1.54, 1.807) is 13.0 Å². The summed E-state index contributed by atoms with van der Waals surface area (Å²) in [5, 5.41) is 22.1. The second-order valence-electron chi connectivity index (χ2n) is 3.46. The molecule has 0 saturated carbocycles. The number of non-ortho nitro benzene ring substituents is 1. The van der Waals surface area contributed by atoms with Gasteiger partial charge in [-0.25, -0.2) is 4.79 Å². The summed E-state index contributed by atoms with van der Waals surface area (Å²) in [6.07, 6.45) is 1.13. The Morgan fingerprint density at radius 3 is 2.85 bits per heavy atom. The quantitative estimate of drug-likeness (QED) is 0.294. The van der Waals surface area contributed by atoms with Crippen LogP contribution in [-0.4, -0.2) is 17.5 Å². The summed E-state index contributed by atoms with van der Waals surface area (Å²) in [5.41, 5.74) is -0.0639. The third kappa shape index (κ3) is 3.96. The highest BCUT2D eigenvalue weighted by Gasteiger charge is 2.11. The van der Waals surface area contributed by atoms with Crippen LogP contribution < -0.4 is 5.32 Å². The van der Waals surface area contributed by atoms with Crippen molar-refractivity contribution < 1.29 is 14.5 Å². The molecular formula is C12H10ClN3O4. The Kier molecular flexibility index (Phi) is 5.50. The van der Waals surface area contributed by atoms with E-state index in [4.69, 9.17) is 16.9 Å². The number of nitrogens with one attached hydrogen (secondary N) is 1. The zero-order valence-electron chi connectivity index (χ0n) is 10.4. The average molecular weight is 296 g/mol. The van der Waals surface area contributed by atoms with Gasteiger partial charge in [-0.15, -0.1) is 0 Å².